The first-order valence-corrected chi connectivity index (χ1v) is 9.84. The SMILES string of the molecule is Cc1cccc(COc2ccc(/C=C(\NC(=O)c3ccccc3C(F)(F)F)C(=O)O)cc2)c1. The number of alkyl halides is 3. The van der Waals surface area contributed by atoms with Crippen LogP contribution in [0.1, 0.15) is 32.6 Å². The lowest BCUT2D eigenvalue weighted by Gasteiger charge is -2.13. The summed E-state index contributed by atoms with van der Waals surface area (Å²) in [6, 6.07) is 18.4. The molecule has 0 atom stereocenters. The standard InChI is InChI=1S/C25H20F3NO4/c1-16-5-4-6-18(13-16)15-33-19-11-9-17(10-12-19)14-22(24(31)32)29-23(30)20-7-2-3-8-21(20)25(26,27)28/h2-14H,15H2,1H3,(H,29,30)(H,31,32)/b22-14-. The van der Waals surface area contributed by atoms with Gasteiger partial charge in [-0.3, -0.25) is 4.79 Å². The summed E-state index contributed by atoms with van der Waals surface area (Å²) in [4.78, 5) is 24.0. The molecular formula is C25H20F3NO4. The number of rotatable bonds is 7. The average molecular weight is 455 g/mol. The number of carboxylic acids is 1. The normalized spacial score (nSPS) is 11.7. The molecule has 0 saturated heterocycles. The van der Waals surface area contributed by atoms with Crippen molar-refractivity contribution < 1.29 is 32.6 Å². The van der Waals surface area contributed by atoms with Gasteiger partial charge in [0.1, 0.15) is 18.1 Å². The molecule has 0 heterocycles. The fraction of sp³-hybridized carbons (Fsp3) is 0.120. The Hall–Kier alpha value is -4.07. The minimum Gasteiger partial charge on any atom is -0.489 e. The summed E-state index contributed by atoms with van der Waals surface area (Å²) >= 11 is 0. The number of carbonyl (C=O) groups is 2. The maximum Gasteiger partial charge on any atom is 0.417 e. The topological polar surface area (TPSA) is 75.6 Å². The zero-order chi connectivity index (χ0) is 24.0. The molecule has 0 aromatic heterocycles. The molecule has 0 spiro atoms. The number of aryl methyl sites for hydroxylation is 1. The van der Waals surface area contributed by atoms with Crippen LogP contribution in [0.4, 0.5) is 13.2 Å². The molecule has 2 N–H and O–H groups in total. The van der Waals surface area contributed by atoms with Crippen molar-refractivity contribution in [1.82, 2.24) is 5.32 Å². The first-order valence-electron chi connectivity index (χ1n) is 9.84. The van der Waals surface area contributed by atoms with E-state index in [1.165, 1.54) is 6.07 Å². The highest BCUT2D eigenvalue weighted by Crippen LogP contribution is 2.31. The third kappa shape index (κ3) is 6.46. The van der Waals surface area contributed by atoms with Crippen LogP contribution in [-0.2, 0) is 17.6 Å². The van der Waals surface area contributed by atoms with Crippen molar-refractivity contribution in [1.29, 1.82) is 0 Å². The van der Waals surface area contributed by atoms with E-state index in [1.807, 2.05) is 31.2 Å². The molecule has 5 nitrogen and oxygen atoms in total. The monoisotopic (exact) mass is 455 g/mol. The van der Waals surface area contributed by atoms with E-state index < -0.39 is 34.9 Å². The lowest BCUT2D eigenvalue weighted by molar-refractivity contribution is -0.138. The molecule has 0 aliphatic heterocycles. The molecule has 0 aliphatic carbocycles. The predicted molar refractivity (Wildman–Crippen MR) is 116 cm³/mol. The van der Waals surface area contributed by atoms with Gasteiger partial charge < -0.3 is 15.2 Å². The van der Waals surface area contributed by atoms with Crippen molar-refractivity contribution in [2.24, 2.45) is 0 Å². The molecule has 170 valence electrons. The molecule has 0 fully saturated rings. The summed E-state index contributed by atoms with van der Waals surface area (Å²) in [5.41, 5.74) is 0.135. The Morgan fingerprint density at radius 2 is 1.70 bits per heavy atom. The minimum atomic E-state index is -4.75. The second kappa shape index (κ2) is 10.0. The van der Waals surface area contributed by atoms with Crippen molar-refractivity contribution in [2.45, 2.75) is 19.7 Å². The number of amides is 1. The maximum atomic E-state index is 13.2. The number of halogens is 3. The third-order valence-electron chi connectivity index (χ3n) is 4.63. The number of carbonyl (C=O) groups excluding carboxylic acids is 1. The van der Waals surface area contributed by atoms with Gasteiger partial charge in [0.05, 0.1) is 11.1 Å². The van der Waals surface area contributed by atoms with Crippen LogP contribution in [0.25, 0.3) is 6.08 Å². The first kappa shape index (κ1) is 23.6. The van der Waals surface area contributed by atoms with Gasteiger partial charge in [-0.05, 0) is 48.4 Å². The van der Waals surface area contributed by atoms with Gasteiger partial charge in [0, 0.05) is 0 Å². The number of hydrogen-bond acceptors (Lipinski definition) is 3. The fourth-order valence-electron chi connectivity index (χ4n) is 3.06. The largest absolute Gasteiger partial charge is 0.489 e. The molecule has 33 heavy (non-hydrogen) atoms. The lowest BCUT2D eigenvalue weighted by Crippen LogP contribution is -2.29. The molecule has 8 heteroatoms. The Morgan fingerprint density at radius 1 is 1.00 bits per heavy atom. The molecule has 0 radical (unpaired) electrons. The number of ether oxygens (including phenoxy) is 1. The van der Waals surface area contributed by atoms with E-state index in [0.29, 0.717) is 17.9 Å². The molecule has 0 unspecified atom stereocenters. The summed E-state index contributed by atoms with van der Waals surface area (Å²) in [5, 5.41) is 11.5. The van der Waals surface area contributed by atoms with Crippen LogP contribution < -0.4 is 10.1 Å². The summed E-state index contributed by atoms with van der Waals surface area (Å²) in [6.07, 6.45) is -3.60. The summed E-state index contributed by atoms with van der Waals surface area (Å²) in [5.74, 6) is -2.11. The van der Waals surface area contributed by atoms with Crippen LogP contribution in [0.5, 0.6) is 5.75 Å². The highest BCUT2D eigenvalue weighted by Gasteiger charge is 2.35. The second-order valence-corrected chi connectivity index (χ2v) is 7.21. The number of benzene rings is 3. The van der Waals surface area contributed by atoms with Crippen LogP contribution in [0.3, 0.4) is 0 Å². The van der Waals surface area contributed by atoms with Gasteiger partial charge in [-0.1, -0.05) is 54.1 Å². The van der Waals surface area contributed by atoms with Crippen LogP contribution in [0.15, 0.2) is 78.5 Å². The summed E-state index contributed by atoms with van der Waals surface area (Å²) in [7, 11) is 0. The lowest BCUT2D eigenvalue weighted by atomic mass is 10.1. The van der Waals surface area contributed by atoms with E-state index >= 15 is 0 Å². The Labute approximate surface area is 188 Å². The fourth-order valence-corrected chi connectivity index (χ4v) is 3.06. The number of aliphatic carboxylic acids is 1. The first-order chi connectivity index (χ1) is 15.6. The molecule has 3 rings (SSSR count). The molecule has 0 bridgehead atoms. The quantitative estimate of drug-likeness (QED) is 0.465. The van der Waals surface area contributed by atoms with E-state index in [1.54, 1.807) is 24.3 Å². The molecular weight excluding hydrogens is 435 g/mol. The van der Waals surface area contributed by atoms with Gasteiger partial charge in [-0.2, -0.15) is 13.2 Å². The Bertz CT molecular complexity index is 1180. The smallest absolute Gasteiger partial charge is 0.417 e. The second-order valence-electron chi connectivity index (χ2n) is 7.21. The Balaban J connectivity index is 1.73. The highest BCUT2D eigenvalue weighted by molar-refractivity contribution is 6.03. The van der Waals surface area contributed by atoms with Crippen molar-refractivity contribution in [3.8, 4) is 5.75 Å². The van der Waals surface area contributed by atoms with Crippen LogP contribution >= 0.6 is 0 Å². The Kier molecular flexibility index (Phi) is 7.17. The highest BCUT2D eigenvalue weighted by atomic mass is 19.4. The summed E-state index contributed by atoms with van der Waals surface area (Å²) in [6.45, 7) is 2.33. The van der Waals surface area contributed by atoms with Gasteiger partial charge in [0.2, 0.25) is 0 Å². The average Bonchev–Trinajstić information content (AvgIpc) is 2.77. The van der Waals surface area contributed by atoms with Crippen molar-refractivity contribution in [3.63, 3.8) is 0 Å². The zero-order valence-electron chi connectivity index (χ0n) is 17.5. The van der Waals surface area contributed by atoms with Crippen LogP contribution in [-0.4, -0.2) is 17.0 Å². The maximum absolute atomic E-state index is 13.2. The van der Waals surface area contributed by atoms with Crippen LogP contribution in [0.2, 0.25) is 0 Å². The molecule has 1 amide bonds. The number of carboxylic acid groups (broad SMARTS) is 1. The molecule has 0 aliphatic rings. The van der Waals surface area contributed by atoms with Gasteiger partial charge in [-0.25, -0.2) is 4.79 Å². The van der Waals surface area contributed by atoms with Crippen molar-refractivity contribution >= 4 is 18.0 Å². The third-order valence-corrected chi connectivity index (χ3v) is 4.63. The van der Waals surface area contributed by atoms with Crippen molar-refractivity contribution in [3.05, 3.63) is 106 Å². The molecule has 3 aromatic carbocycles. The van der Waals surface area contributed by atoms with Gasteiger partial charge in [0.15, 0.2) is 0 Å². The minimum absolute atomic E-state index is 0.353. The van der Waals surface area contributed by atoms with Gasteiger partial charge in [0.25, 0.3) is 5.91 Å². The zero-order valence-corrected chi connectivity index (χ0v) is 17.5. The van der Waals surface area contributed by atoms with E-state index in [4.69, 9.17) is 4.74 Å². The van der Waals surface area contributed by atoms with Gasteiger partial charge >= 0.3 is 12.1 Å². The van der Waals surface area contributed by atoms with Crippen molar-refractivity contribution in [2.75, 3.05) is 0 Å². The predicted octanol–water partition coefficient (Wildman–Crippen LogP) is 5.45. The van der Waals surface area contributed by atoms with Gasteiger partial charge in [-0.15, -0.1) is 0 Å². The number of hydrogen-bond donors (Lipinski definition) is 2. The van der Waals surface area contributed by atoms with E-state index in [9.17, 15) is 27.9 Å². The van der Waals surface area contributed by atoms with E-state index in [2.05, 4.69) is 5.32 Å². The summed E-state index contributed by atoms with van der Waals surface area (Å²) < 4.78 is 45.2. The van der Waals surface area contributed by atoms with E-state index in [0.717, 1.165) is 35.4 Å². The number of nitrogens with one attached hydrogen (secondary N) is 1. The van der Waals surface area contributed by atoms with Crippen LogP contribution in [0, 0.1) is 6.92 Å². The molecule has 3 aromatic rings. The Morgan fingerprint density at radius 3 is 2.33 bits per heavy atom. The molecule has 0 saturated carbocycles. The van der Waals surface area contributed by atoms with E-state index in [-0.39, 0.29) is 0 Å².